The van der Waals surface area contributed by atoms with E-state index in [0.717, 1.165) is 6.42 Å². The average Bonchev–Trinajstić information content (AvgIpc) is 2.77. The van der Waals surface area contributed by atoms with E-state index in [2.05, 4.69) is 4.98 Å². The predicted molar refractivity (Wildman–Crippen MR) is 61.5 cm³/mol. The Bertz CT molecular complexity index is 402. The summed E-state index contributed by atoms with van der Waals surface area (Å²) in [6.07, 6.45) is -0.707. The molecule has 1 aromatic heterocycles. The van der Waals surface area contributed by atoms with Gasteiger partial charge in [-0.15, -0.1) is 11.6 Å². The molecule has 1 heterocycles. The summed E-state index contributed by atoms with van der Waals surface area (Å²) in [5, 5.41) is -0.424. The Balaban J connectivity index is 2.22. The first-order chi connectivity index (χ1) is 8.39. The van der Waals surface area contributed by atoms with E-state index in [4.69, 9.17) is 16.0 Å². The fourth-order valence-electron chi connectivity index (χ4n) is 2.52. The Labute approximate surface area is 109 Å². The van der Waals surface area contributed by atoms with E-state index in [-0.39, 0.29) is 12.3 Å². The van der Waals surface area contributed by atoms with Crippen LogP contribution in [0.2, 0.25) is 0 Å². The second kappa shape index (κ2) is 5.11. The van der Waals surface area contributed by atoms with Crippen molar-refractivity contribution in [2.24, 2.45) is 5.92 Å². The maximum Gasteiger partial charge on any atom is 0.392 e. The fourth-order valence-corrected chi connectivity index (χ4v) is 2.62. The maximum absolute atomic E-state index is 13.0. The van der Waals surface area contributed by atoms with Gasteiger partial charge < -0.3 is 4.42 Å². The smallest absolute Gasteiger partial charge is 0.392 e. The third-order valence-corrected chi connectivity index (χ3v) is 3.62. The molecule has 0 N–H and O–H groups in total. The highest BCUT2D eigenvalue weighted by Gasteiger charge is 2.47. The molecule has 18 heavy (non-hydrogen) atoms. The van der Waals surface area contributed by atoms with E-state index in [1.807, 2.05) is 0 Å². The van der Waals surface area contributed by atoms with Crippen LogP contribution in [-0.4, -0.2) is 11.2 Å². The number of aromatic nitrogens is 1. The first kappa shape index (κ1) is 13.7. The minimum absolute atomic E-state index is 0.167. The van der Waals surface area contributed by atoms with Gasteiger partial charge >= 0.3 is 6.18 Å². The van der Waals surface area contributed by atoms with Crippen molar-refractivity contribution in [3.05, 3.63) is 17.8 Å². The highest BCUT2D eigenvalue weighted by atomic mass is 35.5. The first-order valence-electron chi connectivity index (χ1n) is 6.06. The van der Waals surface area contributed by atoms with Crippen LogP contribution in [0.15, 0.2) is 10.6 Å². The Morgan fingerprint density at radius 1 is 1.39 bits per heavy atom. The summed E-state index contributed by atoms with van der Waals surface area (Å²) in [5.74, 6) is -1.33. The van der Waals surface area contributed by atoms with Crippen LogP contribution in [0.5, 0.6) is 0 Å². The van der Waals surface area contributed by atoms with E-state index >= 15 is 0 Å². The molecule has 6 heteroatoms. The molecule has 1 aliphatic carbocycles. The average molecular weight is 282 g/mol. The van der Waals surface area contributed by atoms with Crippen LogP contribution in [0.1, 0.15) is 55.6 Å². The standard InChI is InChI=1S/C12H15ClF3NO/c1-7(13)11-17-6-10(18-11)8-4-2-3-5-9(8)12(14,15)16/h6-9H,2-5H2,1H3. The van der Waals surface area contributed by atoms with Crippen LogP contribution in [0.25, 0.3) is 0 Å². The number of halogens is 4. The van der Waals surface area contributed by atoms with Gasteiger partial charge in [0.05, 0.1) is 12.1 Å². The Morgan fingerprint density at radius 2 is 2.06 bits per heavy atom. The van der Waals surface area contributed by atoms with Gasteiger partial charge in [0.1, 0.15) is 11.1 Å². The zero-order valence-corrected chi connectivity index (χ0v) is 10.8. The van der Waals surface area contributed by atoms with Gasteiger partial charge in [-0.05, 0) is 19.8 Å². The third kappa shape index (κ3) is 2.82. The number of hydrogen-bond donors (Lipinski definition) is 0. The lowest BCUT2D eigenvalue weighted by Crippen LogP contribution is -2.31. The van der Waals surface area contributed by atoms with Crippen molar-refractivity contribution in [3.8, 4) is 0 Å². The van der Waals surface area contributed by atoms with Crippen molar-refractivity contribution >= 4 is 11.6 Å². The number of oxazole rings is 1. The second-order valence-electron chi connectivity index (χ2n) is 4.76. The van der Waals surface area contributed by atoms with E-state index < -0.39 is 23.4 Å². The molecule has 0 bridgehead atoms. The zero-order chi connectivity index (χ0) is 13.3. The van der Waals surface area contributed by atoms with E-state index in [9.17, 15) is 13.2 Å². The Hall–Kier alpha value is -0.710. The van der Waals surface area contributed by atoms with E-state index in [1.165, 1.54) is 6.20 Å². The van der Waals surface area contributed by atoms with Crippen LogP contribution in [0.4, 0.5) is 13.2 Å². The quantitative estimate of drug-likeness (QED) is 0.727. The number of hydrogen-bond acceptors (Lipinski definition) is 2. The van der Waals surface area contributed by atoms with Crippen molar-refractivity contribution in [2.75, 3.05) is 0 Å². The number of nitrogens with zero attached hydrogens (tertiary/aromatic N) is 1. The summed E-state index contributed by atoms with van der Waals surface area (Å²) in [4.78, 5) is 3.94. The summed E-state index contributed by atoms with van der Waals surface area (Å²) < 4.78 is 44.2. The topological polar surface area (TPSA) is 26.0 Å². The molecule has 3 unspecified atom stereocenters. The first-order valence-corrected chi connectivity index (χ1v) is 6.49. The van der Waals surface area contributed by atoms with Gasteiger partial charge in [0.15, 0.2) is 0 Å². The monoisotopic (exact) mass is 281 g/mol. The fraction of sp³-hybridized carbons (Fsp3) is 0.750. The van der Waals surface area contributed by atoms with Crippen molar-refractivity contribution in [1.82, 2.24) is 4.98 Å². The second-order valence-corrected chi connectivity index (χ2v) is 5.41. The minimum Gasteiger partial charge on any atom is -0.444 e. The summed E-state index contributed by atoms with van der Waals surface area (Å²) in [6, 6.07) is 0. The zero-order valence-electron chi connectivity index (χ0n) is 10.0. The van der Waals surface area contributed by atoms with Crippen LogP contribution < -0.4 is 0 Å². The van der Waals surface area contributed by atoms with Gasteiger partial charge in [0.2, 0.25) is 5.89 Å². The molecule has 2 nitrogen and oxygen atoms in total. The molecule has 1 saturated carbocycles. The molecule has 0 radical (unpaired) electrons. The molecule has 3 atom stereocenters. The molecule has 0 saturated heterocycles. The van der Waals surface area contributed by atoms with Gasteiger partial charge in [0.25, 0.3) is 0 Å². The Morgan fingerprint density at radius 3 is 2.61 bits per heavy atom. The van der Waals surface area contributed by atoms with Gasteiger partial charge in [-0.1, -0.05) is 12.8 Å². The molecule has 0 amide bonds. The SMILES string of the molecule is CC(Cl)c1ncc(C2CCCCC2C(F)(F)F)o1. The van der Waals surface area contributed by atoms with Crippen LogP contribution in [0, 0.1) is 5.92 Å². The normalized spacial score (nSPS) is 27.2. The van der Waals surface area contributed by atoms with Crippen molar-refractivity contribution < 1.29 is 17.6 Å². The van der Waals surface area contributed by atoms with Gasteiger partial charge in [0, 0.05) is 5.92 Å². The largest absolute Gasteiger partial charge is 0.444 e. The maximum atomic E-state index is 13.0. The highest BCUT2D eigenvalue weighted by Crippen LogP contribution is 2.46. The molecule has 0 aromatic carbocycles. The molecule has 0 aliphatic heterocycles. The van der Waals surface area contributed by atoms with Crippen LogP contribution in [0.3, 0.4) is 0 Å². The van der Waals surface area contributed by atoms with Gasteiger partial charge in [-0.25, -0.2) is 4.98 Å². The lowest BCUT2D eigenvalue weighted by atomic mass is 9.77. The molecular formula is C12H15ClF3NO. The number of rotatable bonds is 2. The lowest BCUT2D eigenvalue weighted by molar-refractivity contribution is -0.188. The van der Waals surface area contributed by atoms with Crippen molar-refractivity contribution in [1.29, 1.82) is 0 Å². The lowest BCUT2D eigenvalue weighted by Gasteiger charge is -2.31. The molecule has 1 aliphatic rings. The van der Waals surface area contributed by atoms with E-state index in [1.54, 1.807) is 6.92 Å². The third-order valence-electron chi connectivity index (χ3n) is 3.43. The predicted octanol–water partition coefficient (Wildman–Crippen LogP) is 4.81. The number of alkyl halides is 4. The van der Waals surface area contributed by atoms with Gasteiger partial charge in [-0.2, -0.15) is 13.2 Å². The molecular weight excluding hydrogens is 267 g/mol. The minimum atomic E-state index is -4.18. The van der Waals surface area contributed by atoms with Gasteiger partial charge in [-0.3, -0.25) is 0 Å². The summed E-state index contributed by atoms with van der Waals surface area (Å²) in [6.45, 7) is 1.68. The van der Waals surface area contributed by atoms with Crippen LogP contribution >= 0.6 is 11.6 Å². The molecule has 0 spiro atoms. The van der Waals surface area contributed by atoms with Crippen molar-refractivity contribution in [2.45, 2.75) is 50.1 Å². The summed E-state index contributed by atoms with van der Waals surface area (Å²) in [7, 11) is 0. The molecule has 1 fully saturated rings. The summed E-state index contributed by atoms with van der Waals surface area (Å²) >= 11 is 5.80. The summed E-state index contributed by atoms with van der Waals surface area (Å²) in [5.41, 5.74) is 0. The van der Waals surface area contributed by atoms with Crippen LogP contribution in [-0.2, 0) is 0 Å². The molecule has 102 valence electrons. The highest BCUT2D eigenvalue weighted by molar-refractivity contribution is 6.20. The van der Waals surface area contributed by atoms with E-state index in [0.29, 0.717) is 18.6 Å². The Kier molecular flexibility index (Phi) is 3.90. The molecule has 1 aromatic rings. The molecule has 2 rings (SSSR count). The van der Waals surface area contributed by atoms with Crippen molar-refractivity contribution in [3.63, 3.8) is 0 Å².